The number of hydrogen-bond donors (Lipinski definition) is 2. The average Bonchev–Trinajstić information content (AvgIpc) is 3.26. The molecule has 0 spiro atoms. The molecule has 2 aromatic carbocycles. The summed E-state index contributed by atoms with van der Waals surface area (Å²) in [6, 6.07) is 7.09. The summed E-state index contributed by atoms with van der Waals surface area (Å²) in [6.45, 7) is 0. The molecule has 7 nitrogen and oxygen atoms in total. The molecular weight excluding hydrogens is 494 g/mol. The number of carbonyl (C=O) groups excluding carboxylic acids is 1. The number of para-hydroxylation sites is 1. The first-order valence-electron chi connectivity index (χ1n) is 10.5. The van der Waals surface area contributed by atoms with Gasteiger partial charge in [-0.15, -0.1) is 0 Å². The third kappa shape index (κ3) is 4.90. The van der Waals surface area contributed by atoms with E-state index in [2.05, 4.69) is 15.7 Å². The highest BCUT2D eigenvalue weighted by Crippen LogP contribution is 2.45. The molecule has 0 bridgehead atoms. The van der Waals surface area contributed by atoms with Crippen molar-refractivity contribution in [1.82, 2.24) is 9.78 Å². The van der Waals surface area contributed by atoms with Crippen molar-refractivity contribution in [2.75, 3.05) is 24.9 Å². The van der Waals surface area contributed by atoms with E-state index in [1.165, 1.54) is 26.4 Å². The van der Waals surface area contributed by atoms with E-state index < -0.39 is 53.7 Å². The van der Waals surface area contributed by atoms with E-state index in [0.29, 0.717) is 21.7 Å². The second-order valence-corrected chi connectivity index (χ2v) is 7.96. The lowest BCUT2D eigenvalue weighted by Gasteiger charge is -2.33. The first-order chi connectivity index (χ1) is 16.9. The van der Waals surface area contributed by atoms with Gasteiger partial charge in [-0.1, -0.05) is 18.2 Å². The summed E-state index contributed by atoms with van der Waals surface area (Å²) in [5, 5.41) is 8.79. The molecule has 2 heterocycles. The molecule has 0 saturated carbocycles. The van der Waals surface area contributed by atoms with Crippen LogP contribution in [0.4, 0.5) is 37.8 Å². The largest absolute Gasteiger partial charge is 0.493 e. The van der Waals surface area contributed by atoms with Crippen LogP contribution in [-0.4, -0.2) is 36.1 Å². The molecule has 36 heavy (non-hydrogen) atoms. The van der Waals surface area contributed by atoms with Gasteiger partial charge in [0.15, 0.2) is 23.2 Å². The lowest BCUT2D eigenvalue weighted by Crippen LogP contribution is -2.35. The van der Waals surface area contributed by atoms with Crippen molar-refractivity contribution in [1.29, 1.82) is 0 Å². The number of benzene rings is 2. The summed E-state index contributed by atoms with van der Waals surface area (Å²) in [7, 11) is 2.82. The van der Waals surface area contributed by atoms with Gasteiger partial charge in [-0.2, -0.15) is 31.4 Å². The van der Waals surface area contributed by atoms with Gasteiger partial charge in [-0.25, -0.2) is 4.68 Å². The van der Waals surface area contributed by atoms with Crippen LogP contribution in [0.3, 0.4) is 0 Å². The maximum Gasteiger partial charge on any atom is 0.418 e. The topological polar surface area (TPSA) is 77.4 Å². The monoisotopic (exact) mass is 514 g/mol. The number of hydrogen-bond acceptors (Lipinski definition) is 5. The van der Waals surface area contributed by atoms with E-state index in [9.17, 15) is 31.1 Å². The van der Waals surface area contributed by atoms with Crippen LogP contribution < -0.4 is 20.1 Å². The molecule has 2 N–H and O–H groups in total. The lowest BCUT2D eigenvalue weighted by atomic mass is 9.96. The quantitative estimate of drug-likeness (QED) is 0.419. The number of ether oxygens (including phenoxy) is 2. The van der Waals surface area contributed by atoms with Crippen LogP contribution in [0.2, 0.25) is 0 Å². The van der Waals surface area contributed by atoms with Gasteiger partial charge in [0.05, 0.1) is 31.5 Å². The van der Waals surface area contributed by atoms with E-state index in [1.807, 2.05) is 0 Å². The molecule has 192 valence electrons. The molecule has 13 heteroatoms. The van der Waals surface area contributed by atoms with Gasteiger partial charge in [0, 0.05) is 12.5 Å². The van der Waals surface area contributed by atoms with Crippen molar-refractivity contribution in [3.63, 3.8) is 0 Å². The zero-order valence-corrected chi connectivity index (χ0v) is 18.9. The van der Waals surface area contributed by atoms with Crippen LogP contribution in [0.1, 0.15) is 40.1 Å². The summed E-state index contributed by atoms with van der Waals surface area (Å²) in [5.41, 5.74) is -1.64. The first kappa shape index (κ1) is 25.2. The fourth-order valence-corrected chi connectivity index (χ4v) is 4.00. The van der Waals surface area contributed by atoms with Crippen molar-refractivity contribution in [2.24, 2.45) is 0 Å². The van der Waals surface area contributed by atoms with E-state index in [0.717, 1.165) is 24.3 Å². The van der Waals surface area contributed by atoms with Crippen LogP contribution in [-0.2, 0) is 6.18 Å². The molecule has 2 atom stereocenters. The number of amides is 1. The number of halogens is 6. The molecule has 0 fully saturated rings. The predicted octanol–water partition coefficient (Wildman–Crippen LogP) is 5.83. The molecule has 1 aliphatic rings. The Morgan fingerprint density at radius 2 is 1.72 bits per heavy atom. The maximum atomic E-state index is 14.0. The van der Waals surface area contributed by atoms with Gasteiger partial charge in [-0.3, -0.25) is 4.79 Å². The Hall–Kier alpha value is -3.90. The first-order valence-corrected chi connectivity index (χ1v) is 10.5. The SMILES string of the molecule is COc1ccc([C@H]2C[C@@H](C(F)(F)F)n3nc(C(=O)Nc4ccccc4C(F)(F)F)cc3N2)cc1OC. The van der Waals surface area contributed by atoms with Crippen LogP contribution in [0, 0.1) is 0 Å². The number of anilines is 2. The minimum atomic E-state index is -4.74. The number of rotatable bonds is 5. The van der Waals surface area contributed by atoms with E-state index in [4.69, 9.17) is 9.47 Å². The molecule has 1 amide bonds. The summed E-state index contributed by atoms with van der Waals surface area (Å²) in [5.74, 6) is -0.480. The van der Waals surface area contributed by atoms with Crippen LogP contribution in [0.25, 0.3) is 0 Å². The fourth-order valence-electron chi connectivity index (χ4n) is 4.00. The molecule has 0 radical (unpaired) electrons. The fraction of sp³-hybridized carbons (Fsp3) is 0.304. The minimum absolute atomic E-state index is 0.113. The van der Waals surface area contributed by atoms with Crippen LogP contribution in [0.15, 0.2) is 48.5 Å². The van der Waals surface area contributed by atoms with Crippen molar-refractivity contribution >= 4 is 17.4 Å². The standard InChI is InChI=1S/C23H20F6N4O3/c1-35-17-8-7-12(9-18(17)36-2)15-10-19(23(27,28)29)33-20(30-15)11-16(32-33)21(34)31-14-6-4-3-5-13(14)22(24,25)26/h3-9,11,15,19,30H,10H2,1-2H3,(H,31,34)/t15-,19+/m1/s1. The van der Waals surface area contributed by atoms with Gasteiger partial charge in [0.1, 0.15) is 5.82 Å². The van der Waals surface area contributed by atoms with E-state index >= 15 is 0 Å². The van der Waals surface area contributed by atoms with Crippen LogP contribution in [0.5, 0.6) is 11.5 Å². The molecule has 1 aliphatic heterocycles. The Labute approximate surface area is 201 Å². The Kier molecular flexibility index (Phi) is 6.50. The molecule has 1 aromatic heterocycles. The summed E-state index contributed by atoms with van der Waals surface area (Å²) in [6.07, 6.45) is -9.91. The van der Waals surface area contributed by atoms with Crippen molar-refractivity contribution < 1.29 is 40.6 Å². The summed E-state index contributed by atoms with van der Waals surface area (Å²) >= 11 is 0. The van der Waals surface area contributed by atoms with Crippen molar-refractivity contribution in [3.05, 3.63) is 65.4 Å². The molecule has 0 aliphatic carbocycles. The lowest BCUT2D eigenvalue weighted by molar-refractivity contribution is -0.173. The minimum Gasteiger partial charge on any atom is -0.493 e. The number of fused-ring (bicyclic) bond motifs is 1. The Balaban J connectivity index is 1.66. The van der Waals surface area contributed by atoms with Crippen LogP contribution >= 0.6 is 0 Å². The number of nitrogens with zero attached hydrogens (tertiary/aromatic N) is 2. The third-order valence-corrected chi connectivity index (χ3v) is 5.71. The highest BCUT2D eigenvalue weighted by Gasteiger charge is 2.47. The zero-order chi connectivity index (χ0) is 26.3. The van der Waals surface area contributed by atoms with Gasteiger partial charge < -0.3 is 20.1 Å². The highest BCUT2D eigenvalue weighted by molar-refractivity contribution is 6.03. The average molecular weight is 514 g/mol. The molecule has 0 unspecified atom stereocenters. The van der Waals surface area contributed by atoms with E-state index in [-0.39, 0.29) is 5.82 Å². The van der Waals surface area contributed by atoms with Crippen molar-refractivity contribution in [3.8, 4) is 11.5 Å². The molecule has 0 saturated heterocycles. The van der Waals surface area contributed by atoms with E-state index in [1.54, 1.807) is 12.1 Å². The predicted molar refractivity (Wildman–Crippen MR) is 117 cm³/mol. The second-order valence-electron chi connectivity index (χ2n) is 7.96. The molecule has 4 rings (SSSR count). The highest BCUT2D eigenvalue weighted by atomic mass is 19.4. The summed E-state index contributed by atoms with van der Waals surface area (Å²) in [4.78, 5) is 12.7. The Bertz CT molecular complexity index is 1270. The maximum absolute atomic E-state index is 14.0. The number of aromatic nitrogens is 2. The van der Waals surface area contributed by atoms with Gasteiger partial charge in [0.25, 0.3) is 5.91 Å². The zero-order valence-electron chi connectivity index (χ0n) is 18.9. The third-order valence-electron chi connectivity index (χ3n) is 5.71. The Morgan fingerprint density at radius 3 is 2.36 bits per heavy atom. The number of methoxy groups -OCH3 is 2. The molecule has 3 aromatic rings. The van der Waals surface area contributed by atoms with Gasteiger partial charge >= 0.3 is 12.4 Å². The smallest absolute Gasteiger partial charge is 0.418 e. The van der Waals surface area contributed by atoms with Crippen molar-refractivity contribution in [2.45, 2.75) is 30.9 Å². The number of carbonyl (C=O) groups is 1. The van der Waals surface area contributed by atoms with Gasteiger partial charge in [0.2, 0.25) is 0 Å². The van der Waals surface area contributed by atoms with Gasteiger partial charge in [-0.05, 0) is 29.8 Å². The number of nitrogens with one attached hydrogen (secondary N) is 2. The second kappa shape index (κ2) is 9.28. The number of alkyl halides is 6. The summed E-state index contributed by atoms with van der Waals surface area (Å²) < 4.78 is 92.6. The Morgan fingerprint density at radius 1 is 1.03 bits per heavy atom. The normalized spacial score (nSPS) is 17.7. The molecular formula is C23H20F6N4O3.